The van der Waals surface area contributed by atoms with Crippen molar-refractivity contribution >= 4 is 5.97 Å². The Morgan fingerprint density at radius 2 is 2.12 bits per heavy atom. The maximum atomic E-state index is 11.8. The van der Waals surface area contributed by atoms with Gasteiger partial charge in [-0.3, -0.25) is 4.79 Å². The molecule has 1 heterocycles. The molecule has 0 N–H and O–H groups in total. The molecule has 1 saturated heterocycles. The largest absolute Gasteiger partial charge is 0.465 e. The molecule has 0 spiro atoms. The third kappa shape index (κ3) is 2.01. The van der Waals surface area contributed by atoms with E-state index in [-0.39, 0.29) is 11.4 Å². The average Bonchev–Trinajstić information content (AvgIpc) is 2.62. The number of esters is 1. The summed E-state index contributed by atoms with van der Waals surface area (Å²) in [6, 6.07) is 10.1. The molecule has 1 aliphatic heterocycles. The molecule has 1 fully saturated rings. The molecule has 0 saturated carbocycles. The quantitative estimate of drug-likeness (QED) is 0.571. The lowest BCUT2D eigenvalue weighted by molar-refractivity contribution is -0.146. The molecule has 0 radical (unpaired) electrons. The molecule has 0 bridgehead atoms. The standard InChI is InChI=1S/C14H16O2/c1-2-8-14(9-10-16-13(14)15)11-12-6-4-3-5-7-12/h2-7H,1,8-11H2/t14-/m1/s1. The van der Waals surface area contributed by atoms with E-state index in [4.69, 9.17) is 4.74 Å². The summed E-state index contributed by atoms with van der Waals surface area (Å²) >= 11 is 0. The van der Waals surface area contributed by atoms with E-state index in [1.165, 1.54) is 5.56 Å². The number of ether oxygens (including phenoxy) is 1. The predicted octanol–water partition coefficient (Wildman–Crippen LogP) is 2.74. The summed E-state index contributed by atoms with van der Waals surface area (Å²) in [5.41, 5.74) is 0.812. The Morgan fingerprint density at radius 1 is 1.38 bits per heavy atom. The van der Waals surface area contributed by atoms with E-state index in [9.17, 15) is 4.79 Å². The molecule has 1 atom stereocenters. The lowest BCUT2D eigenvalue weighted by Gasteiger charge is -2.22. The molecule has 0 aromatic heterocycles. The SMILES string of the molecule is C=CC[C@]1(Cc2ccccc2)CCOC1=O. The normalized spacial score (nSPS) is 24.1. The second-order valence-electron chi connectivity index (χ2n) is 4.32. The number of benzene rings is 1. The van der Waals surface area contributed by atoms with Crippen LogP contribution in [-0.4, -0.2) is 12.6 Å². The van der Waals surface area contributed by atoms with Gasteiger partial charge in [0.25, 0.3) is 0 Å². The van der Waals surface area contributed by atoms with Gasteiger partial charge < -0.3 is 4.74 Å². The van der Waals surface area contributed by atoms with Crippen LogP contribution in [0.4, 0.5) is 0 Å². The van der Waals surface area contributed by atoms with Gasteiger partial charge in [-0.25, -0.2) is 0 Å². The van der Waals surface area contributed by atoms with Gasteiger partial charge in [0.05, 0.1) is 12.0 Å². The maximum absolute atomic E-state index is 11.8. The number of allylic oxidation sites excluding steroid dienone is 1. The van der Waals surface area contributed by atoms with Crippen LogP contribution in [0.5, 0.6) is 0 Å². The van der Waals surface area contributed by atoms with Gasteiger partial charge in [0.2, 0.25) is 0 Å². The van der Waals surface area contributed by atoms with Crippen LogP contribution < -0.4 is 0 Å². The highest BCUT2D eigenvalue weighted by atomic mass is 16.5. The van der Waals surface area contributed by atoms with Crippen molar-refractivity contribution in [1.29, 1.82) is 0 Å². The second kappa shape index (κ2) is 4.52. The molecule has 2 heteroatoms. The zero-order chi connectivity index (χ0) is 11.4. The van der Waals surface area contributed by atoms with Gasteiger partial charge in [-0.1, -0.05) is 36.4 Å². The predicted molar refractivity (Wildman–Crippen MR) is 63.0 cm³/mol. The topological polar surface area (TPSA) is 26.3 Å². The van der Waals surface area contributed by atoms with Crippen LogP contribution in [0.25, 0.3) is 0 Å². The fourth-order valence-corrected chi connectivity index (χ4v) is 2.28. The van der Waals surface area contributed by atoms with Crippen molar-refractivity contribution < 1.29 is 9.53 Å². The first-order valence-electron chi connectivity index (χ1n) is 5.59. The second-order valence-corrected chi connectivity index (χ2v) is 4.32. The molecule has 0 amide bonds. The first-order chi connectivity index (χ1) is 7.77. The monoisotopic (exact) mass is 216 g/mol. The highest BCUT2D eigenvalue weighted by molar-refractivity contribution is 5.79. The number of hydrogen-bond donors (Lipinski definition) is 0. The zero-order valence-corrected chi connectivity index (χ0v) is 9.32. The van der Waals surface area contributed by atoms with Gasteiger partial charge >= 0.3 is 5.97 Å². The zero-order valence-electron chi connectivity index (χ0n) is 9.32. The summed E-state index contributed by atoms with van der Waals surface area (Å²) in [7, 11) is 0. The molecule has 2 nitrogen and oxygen atoms in total. The lowest BCUT2D eigenvalue weighted by Crippen LogP contribution is -2.28. The number of carbonyl (C=O) groups is 1. The molecule has 0 unspecified atom stereocenters. The van der Waals surface area contributed by atoms with E-state index < -0.39 is 0 Å². The summed E-state index contributed by atoms with van der Waals surface area (Å²) in [5.74, 6) is -0.0729. The maximum Gasteiger partial charge on any atom is 0.312 e. The summed E-state index contributed by atoms with van der Waals surface area (Å²) in [6.45, 7) is 4.28. The van der Waals surface area contributed by atoms with Crippen LogP contribution in [-0.2, 0) is 16.0 Å². The van der Waals surface area contributed by atoms with E-state index in [1.54, 1.807) is 0 Å². The van der Waals surface area contributed by atoms with Gasteiger partial charge in [0.15, 0.2) is 0 Å². The summed E-state index contributed by atoms with van der Waals surface area (Å²) < 4.78 is 5.11. The van der Waals surface area contributed by atoms with Gasteiger partial charge in [-0.15, -0.1) is 6.58 Å². The molecular weight excluding hydrogens is 200 g/mol. The smallest absolute Gasteiger partial charge is 0.312 e. The van der Waals surface area contributed by atoms with Crippen molar-refractivity contribution in [2.45, 2.75) is 19.3 Å². The Bertz CT molecular complexity index is 383. The number of carbonyl (C=O) groups excluding carboxylic acids is 1. The van der Waals surface area contributed by atoms with E-state index in [0.29, 0.717) is 13.0 Å². The Labute approximate surface area is 95.9 Å². The fraction of sp³-hybridized carbons (Fsp3) is 0.357. The number of cyclic esters (lactones) is 1. The molecule has 1 aliphatic rings. The molecule has 1 aromatic carbocycles. The molecule has 16 heavy (non-hydrogen) atoms. The van der Waals surface area contributed by atoms with Crippen molar-refractivity contribution in [2.75, 3.05) is 6.61 Å². The van der Waals surface area contributed by atoms with E-state index in [1.807, 2.05) is 24.3 Å². The van der Waals surface area contributed by atoms with Gasteiger partial charge in [0.1, 0.15) is 0 Å². The van der Waals surface area contributed by atoms with Crippen molar-refractivity contribution in [3.63, 3.8) is 0 Å². The molecular formula is C14H16O2. The van der Waals surface area contributed by atoms with Crippen LogP contribution in [0, 0.1) is 5.41 Å². The highest BCUT2D eigenvalue weighted by Crippen LogP contribution is 2.37. The average molecular weight is 216 g/mol. The first-order valence-corrected chi connectivity index (χ1v) is 5.59. The summed E-state index contributed by atoms with van der Waals surface area (Å²) in [5, 5.41) is 0. The Hall–Kier alpha value is -1.57. The van der Waals surface area contributed by atoms with Crippen LogP contribution in [0.15, 0.2) is 43.0 Å². The van der Waals surface area contributed by atoms with E-state index in [2.05, 4.69) is 18.7 Å². The third-order valence-corrected chi connectivity index (χ3v) is 3.17. The Kier molecular flexibility index (Phi) is 3.09. The van der Waals surface area contributed by atoms with Crippen molar-refractivity contribution in [1.82, 2.24) is 0 Å². The van der Waals surface area contributed by atoms with Crippen molar-refractivity contribution in [3.05, 3.63) is 48.6 Å². The van der Waals surface area contributed by atoms with E-state index in [0.717, 1.165) is 12.8 Å². The molecule has 84 valence electrons. The third-order valence-electron chi connectivity index (χ3n) is 3.17. The van der Waals surface area contributed by atoms with Crippen LogP contribution in [0.2, 0.25) is 0 Å². The van der Waals surface area contributed by atoms with E-state index >= 15 is 0 Å². The van der Waals surface area contributed by atoms with Crippen molar-refractivity contribution in [3.8, 4) is 0 Å². The Morgan fingerprint density at radius 3 is 2.69 bits per heavy atom. The Balaban J connectivity index is 2.21. The van der Waals surface area contributed by atoms with Crippen LogP contribution in [0.1, 0.15) is 18.4 Å². The van der Waals surface area contributed by atoms with Crippen LogP contribution in [0.3, 0.4) is 0 Å². The number of rotatable bonds is 4. The molecule has 1 aromatic rings. The fourth-order valence-electron chi connectivity index (χ4n) is 2.28. The van der Waals surface area contributed by atoms with Gasteiger partial charge in [0, 0.05) is 0 Å². The van der Waals surface area contributed by atoms with Gasteiger partial charge in [-0.2, -0.15) is 0 Å². The minimum atomic E-state index is -0.372. The highest BCUT2D eigenvalue weighted by Gasteiger charge is 2.43. The molecule has 2 rings (SSSR count). The van der Waals surface area contributed by atoms with Gasteiger partial charge in [-0.05, 0) is 24.8 Å². The lowest BCUT2D eigenvalue weighted by atomic mass is 9.77. The molecule has 0 aliphatic carbocycles. The first kappa shape index (κ1) is 10.9. The summed E-state index contributed by atoms with van der Waals surface area (Å²) in [6.07, 6.45) is 4.06. The number of hydrogen-bond acceptors (Lipinski definition) is 2. The minimum Gasteiger partial charge on any atom is -0.465 e. The van der Waals surface area contributed by atoms with Crippen molar-refractivity contribution in [2.24, 2.45) is 5.41 Å². The summed E-state index contributed by atoms with van der Waals surface area (Å²) in [4.78, 5) is 11.8. The van der Waals surface area contributed by atoms with Crippen LogP contribution >= 0.6 is 0 Å². The minimum absolute atomic E-state index is 0.0729.